The molecule has 1 amide bonds. The minimum absolute atomic E-state index is 0.261. The summed E-state index contributed by atoms with van der Waals surface area (Å²) >= 11 is 6.26. The number of benzene rings is 1. The first kappa shape index (κ1) is 16.4. The van der Waals surface area contributed by atoms with E-state index in [2.05, 4.69) is 0 Å². The Morgan fingerprint density at radius 3 is 2.91 bits per heavy atom. The summed E-state index contributed by atoms with van der Waals surface area (Å²) in [5.74, 6) is -0.683. The van der Waals surface area contributed by atoms with E-state index in [0.717, 1.165) is 11.8 Å². The normalized spacial score (nSPS) is 16.6. The molecule has 1 aliphatic heterocycles. The van der Waals surface area contributed by atoms with Crippen LogP contribution in [0.3, 0.4) is 0 Å². The highest BCUT2D eigenvalue weighted by Gasteiger charge is 2.31. The molecule has 0 aliphatic carbocycles. The van der Waals surface area contributed by atoms with Crippen molar-refractivity contribution in [3.63, 3.8) is 0 Å². The van der Waals surface area contributed by atoms with Gasteiger partial charge in [0.25, 0.3) is 5.91 Å². The molecule has 1 saturated heterocycles. The predicted molar refractivity (Wildman–Crippen MR) is 86.5 cm³/mol. The van der Waals surface area contributed by atoms with Gasteiger partial charge in [0.1, 0.15) is 4.32 Å². The summed E-state index contributed by atoms with van der Waals surface area (Å²) in [5, 5.41) is 20.2. The van der Waals surface area contributed by atoms with Gasteiger partial charge in [-0.3, -0.25) is 19.8 Å². The van der Waals surface area contributed by atoms with Crippen LogP contribution in [0.25, 0.3) is 6.08 Å². The van der Waals surface area contributed by atoms with Gasteiger partial charge in [-0.1, -0.05) is 30.0 Å². The fourth-order valence-corrected chi connectivity index (χ4v) is 3.11. The lowest BCUT2D eigenvalue weighted by Gasteiger charge is -2.12. The Bertz CT molecular complexity index is 674. The van der Waals surface area contributed by atoms with Crippen LogP contribution < -0.4 is 0 Å². The zero-order valence-corrected chi connectivity index (χ0v) is 13.1. The van der Waals surface area contributed by atoms with Gasteiger partial charge in [0, 0.05) is 13.2 Å². The van der Waals surface area contributed by atoms with Crippen LogP contribution in [0, 0.1) is 10.1 Å². The van der Waals surface area contributed by atoms with Crippen LogP contribution in [-0.4, -0.2) is 45.4 Å². The number of nitrogens with zero attached hydrogens (tertiary/aromatic N) is 2. The van der Waals surface area contributed by atoms with Crippen molar-refractivity contribution < 1.29 is 19.6 Å². The Hall–Kier alpha value is -1.97. The highest BCUT2D eigenvalue weighted by Crippen LogP contribution is 2.34. The Morgan fingerprint density at radius 1 is 1.55 bits per heavy atom. The van der Waals surface area contributed by atoms with Crippen molar-refractivity contribution in [2.45, 2.75) is 0 Å². The van der Waals surface area contributed by atoms with E-state index in [1.54, 1.807) is 0 Å². The largest absolute Gasteiger partial charge is 0.502 e. The molecule has 0 aromatic heterocycles. The molecule has 1 aliphatic rings. The number of carbonyl (C=O) groups is 1. The molecular weight excluding hydrogens is 328 g/mol. The Morgan fingerprint density at radius 2 is 2.27 bits per heavy atom. The third kappa shape index (κ3) is 3.43. The van der Waals surface area contributed by atoms with Crippen molar-refractivity contribution in [3.05, 3.63) is 38.8 Å². The SMILES string of the molecule is COCCN1C(=O)/C(=C/c2ccc(O)c([N+](=O)[O-])c2)SC1=S. The van der Waals surface area contributed by atoms with Gasteiger partial charge in [-0.05, 0) is 17.7 Å². The zero-order valence-electron chi connectivity index (χ0n) is 11.5. The molecule has 1 aromatic rings. The minimum Gasteiger partial charge on any atom is -0.502 e. The quantitative estimate of drug-likeness (QED) is 0.380. The highest BCUT2D eigenvalue weighted by molar-refractivity contribution is 8.26. The van der Waals surface area contributed by atoms with E-state index in [4.69, 9.17) is 17.0 Å². The lowest BCUT2D eigenvalue weighted by molar-refractivity contribution is -0.385. The zero-order chi connectivity index (χ0) is 16.3. The fourth-order valence-electron chi connectivity index (χ4n) is 1.80. The molecule has 0 bridgehead atoms. The molecule has 1 heterocycles. The van der Waals surface area contributed by atoms with Gasteiger partial charge in [0.05, 0.1) is 23.0 Å². The van der Waals surface area contributed by atoms with Gasteiger partial charge in [-0.2, -0.15) is 0 Å². The third-order valence-electron chi connectivity index (χ3n) is 2.89. The van der Waals surface area contributed by atoms with E-state index in [1.807, 2.05) is 0 Å². The lowest BCUT2D eigenvalue weighted by atomic mass is 10.1. The van der Waals surface area contributed by atoms with Gasteiger partial charge in [-0.25, -0.2) is 0 Å². The lowest BCUT2D eigenvalue weighted by Crippen LogP contribution is -2.31. The monoisotopic (exact) mass is 340 g/mol. The van der Waals surface area contributed by atoms with Crippen LogP contribution in [-0.2, 0) is 9.53 Å². The molecule has 0 saturated carbocycles. The van der Waals surface area contributed by atoms with Crippen molar-refractivity contribution in [3.8, 4) is 5.75 Å². The van der Waals surface area contributed by atoms with Crippen LogP contribution in [0.1, 0.15) is 5.56 Å². The van der Waals surface area contributed by atoms with Crippen molar-refractivity contribution >= 4 is 46.0 Å². The van der Waals surface area contributed by atoms with E-state index in [-0.39, 0.29) is 5.91 Å². The standard InChI is InChI=1S/C13H12N2O5S2/c1-20-5-4-14-12(17)11(22-13(14)21)7-8-2-3-10(16)9(6-8)15(18)19/h2-3,6-7,16H,4-5H2,1H3/b11-7-. The molecule has 0 radical (unpaired) electrons. The maximum absolute atomic E-state index is 12.2. The second kappa shape index (κ2) is 6.86. The molecule has 22 heavy (non-hydrogen) atoms. The summed E-state index contributed by atoms with van der Waals surface area (Å²) in [6.45, 7) is 0.721. The summed E-state index contributed by atoms with van der Waals surface area (Å²) in [4.78, 5) is 24.1. The van der Waals surface area contributed by atoms with E-state index in [9.17, 15) is 20.0 Å². The molecule has 116 valence electrons. The summed E-state index contributed by atoms with van der Waals surface area (Å²) in [6.07, 6.45) is 1.51. The van der Waals surface area contributed by atoms with E-state index in [0.29, 0.717) is 27.9 Å². The number of rotatable bonds is 5. The first-order chi connectivity index (χ1) is 10.4. The number of nitro groups is 1. The molecule has 1 N–H and O–H groups in total. The van der Waals surface area contributed by atoms with Gasteiger partial charge in [0.2, 0.25) is 0 Å². The average molecular weight is 340 g/mol. The molecule has 9 heteroatoms. The van der Waals surface area contributed by atoms with Crippen LogP contribution in [0.15, 0.2) is 23.1 Å². The minimum atomic E-state index is -0.684. The summed E-state index contributed by atoms with van der Waals surface area (Å²) < 4.78 is 5.34. The number of nitro benzene ring substituents is 1. The number of methoxy groups -OCH3 is 1. The van der Waals surface area contributed by atoms with E-state index < -0.39 is 16.4 Å². The number of thioether (sulfide) groups is 1. The topological polar surface area (TPSA) is 92.9 Å². The Balaban J connectivity index is 2.27. The van der Waals surface area contributed by atoms with Crippen molar-refractivity contribution in [1.29, 1.82) is 0 Å². The second-order valence-corrected chi connectivity index (χ2v) is 6.01. The molecule has 0 atom stereocenters. The molecule has 1 fully saturated rings. The van der Waals surface area contributed by atoms with E-state index >= 15 is 0 Å². The number of amides is 1. The Labute approximate surface area is 135 Å². The molecule has 0 spiro atoms. The van der Waals surface area contributed by atoms with Crippen LogP contribution in [0.4, 0.5) is 5.69 Å². The number of carbonyl (C=O) groups excluding carboxylic acids is 1. The van der Waals surface area contributed by atoms with Gasteiger partial charge >= 0.3 is 5.69 Å². The first-order valence-corrected chi connectivity index (χ1v) is 7.38. The average Bonchev–Trinajstić information content (AvgIpc) is 2.73. The third-order valence-corrected chi connectivity index (χ3v) is 4.26. The van der Waals surface area contributed by atoms with E-state index in [1.165, 1.54) is 36.3 Å². The number of ether oxygens (including phenoxy) is 1. The molecular formula is C13H12N2O5S2. The van der Waals surface area contributed by atoms with Gasteiger partial charge in [0.15, 0.2) is 5.75 Å². The van der Waals surface area contributed by atoms with Crippen molar-refractivity contribution in [2.24, 2.45) is 0 Å². The fraction of sp³-hybridized carbons (Fsp3) is 0.231. The summed E-state index contributed by atoms with van der Waals surface area (Å²) in [7, 11) is 1.53. The summed E-state index contributed by atoms with van der Waals surface area (Å²) in [5.41, 5.74) is 0.0281. The first-order valence-electron chi connectivity index (χ1n) is 6.15. The number of hydrogen-bond acceptors (Lipinski definition) is 7. The van der Waals surface area contributed by atoms with Crippen LogP contribution >= 0.6 is 24.0 Å². The van der Waals surface area contributed by atoms with Crippen LogP contribution in [0.5, 0.6) is 5.75 Å². The smallest absolute Gasteiger partial charge is 0.311 e. The number of phenols is 1. The number of hydrogen-bond donors (Lipinski definition) is 1. The highest BCUT2D eigenvalue weighted by atomic mass is 32.2. The van der Waals surface area contributed by atoms with Crippen molar-refractivity contribution in [1.82, 2.24) is 4.90 Å². The van der Waals surface area contributed by atoms with Gasteiger partial charge in [-0.15, -0.1) is 0 Å². The molecule has 0 unspecified atom stereocenters. The second-order valence-electron chi connectivity index (χ2n) is 4.33. The Kier molecular flexibility index (Phi) is 5.11. The van der Waals surface area contributed by atoms with Gasteiger partial charge < -0.3 is 9.84 Å². The molecule has 2 rings (SSSR count). The van der Waals surface area contributed by atoms with Crippen LogP contribution in [0.2, 0.25) is 0 Å². The maximum Gasteiger partial charge on any atom is 0.311 e. The maximum atomic E-state index is 12.2. The number of phenolic OH excluding ortho intramolecular Hbond substituents is 1. The van der Waals surface area contributed by atoms with Crippen molar-refractivity contribution in [2.75, 3.05) is 20.3 Å². The molecule has 1 aromatic carbocycles. The number of aromatic hydroxyl groups is 1. The number of thiocarbonyl (C=S) groups is 1. The molecule has 7 nitrogen and oxygen atoms in total. The predicted octanol–water partition coefficient (Wildman–Crippen LogP) is 2.15. The summed E-state index contributed by atoms with van der Waals surface area (Å²) in [6, 6.07) is 3.91.